The third-order valence-electron chi connectivity index (χ3n) is 3.89. The molecule has 0 unspecified atom stereocenters. The number of benzene rings is 3. The number of phenolic OH excluding ortho intramolecular Hbond substituents is 1. The summed E-state index contributed by atoms with van der Waals surface area (Å²) in [6.45, 7) is 2.52. The first-order chi connectivity index (χ1) is 13.1. The van der Waals surface area contributed by atoms with Crippen LogP contribution in [0.4, 0.5) is 0 Å². The molecule has 0 fully saturated rings. The molecule has 5 heteroatoms. The second-order valence-electron chi connectivity index (χ2n) is 6.09. The van der Waals surface area contributed by atoms with Gasteiger partial charge in [-0.25, -0.2) is 5.43 Å². The number of phenols is 1. The second kappa shape index (κ2) is 8.67. The molecule has 0 saturated carbocycles. The van der Waals surface area contributed by atoms with Gasteiger partial charge in [-0.3, -0.25) is 4.79 Å². The maximum atomic E-state index is 12.1. The molecule has 136 valence electrons. The largest absolute Gasteiger partial charge is 0.508 e. The Morgan fingerprint density at radius 3 is 2.52 bits per heavy atom. The molecule has 0 heterocycles. The number of amides is 1. The van der Waals surface area contributed by atoms with E-state index in [2.05, 4.69) is 10.5 Å². The van der Waals surface area contributed by atoms with E-state index in [9.17, 15) is 9.90 Å². The standard InChI is InChI=1S/C22H20N2O3/c1-16-5-7-17(8-6-16)15-27-21-11-9-19(10-12-21)22(26)24-23-14-18-3-2-4-20(25)13-18/h2-14,25H,15H2,1H3,(H,24,26)/b23-14-. The van der Waals surface area contributed by atoms with E-state index in [-0.39, 0.29) is 11.7 Å². The number of rotatable bonds is 6. The molecule has 0 radical (unpaired) electrons. The first-order valence-corrected chi connectivity index (χ1v) is 8.51. The minimum absolute atomic E-state index is 0.145. The molecule has 27 heavy (non-hydrogen) atoms. The lowest BCUT2D eigenvalue weighted by Crippen LogP contribution is -2.17. The van der Waals surface area contributed by atoms with Gasteiger partial charge >= 0.3 is 0 Å². The van der Waals surface area contributed by atoms with Gasteiger partial charge in [0.05, 0.1) is 6.21 Å². The monoisotopic (exact) mass is 360 g/mol. The van der Waals surface area contributed by atoms with Crippen LogP contribution in [-0.2, 0) is 6.61 Å². The van der Waals surface area contributed by atoms with E-state index in [0.717, 1.165) is 5.56 Å². The van der Waals surface area contributed by atoms with Crippen molar-refractivity contribution in [2.75, 3.05) is 0 Å². The Hall–Kier alpha value is -3.60. The van der Waals surface area contributed by atoms with Gasteiger partial charge in [-0.2, -0.15) is 5.10 Å². The fourth-order valence-electron chi connectivity index (χ4n) is 2.39. The Morgan fingerprint density at radius 2 is 1.81 bits per heavy atom. The van der Waals surface area contributed by atoms with Crippen LogP contribution in [-0.4, -0.2) is 17.2 Å². The van der Waals surface area contributed by atoms with E-state index in [0.29, 0.717) is 23.5 Å². The quantitative estimate of drug-likeness (QED) is 0.515. The van der Waals surface area contributed by atoms with Gasteiger partial charge < -0.3 is 9.84 Å². The van der Waals surface area contributed by atoms with E-state index >= 15 is 0 Å². The summed E-state index contributed by atoms with van der Waals surface area (Å²) >= 11 is 0. The number of ether oxygens (including phenoxy) is 1. The van der Waals surface area contributed by atoms with Gasteiger partial charge in [-0.05, 0) is 54.4 Å². The van der Waals surface area contributed by atoms with Crippen LogP contribution in [0.15, 0.2) is 77.9 Å². The van der Waals surface area contributed by atoms with Crippen molar-refractivity contribution in [2.45, 2.75) is 13.5 Å². The molecule has 1 amide bonds. The maximum absolute atomic E-state index is 12.1. The van der Waals surface area contributed by atoms with Crippen LogP contribution < -0.4 is 10.2 Å². The Labute approximate surface area is 157 Å². The minimum atomic E-state index is -0.323. The van der Waals surface area contributed by atoms with Crippen LogP contribution in [0.5, 0.6) is 11.5 Å². The van der Waals surface area contributed by atoms with Gasteiger partial charge in [0.25, 0.3) is 5.91 Å². The Balaban J connectivity index is 1.53. The molecule has 0 atom stereocenters. The first kappa shape index (κ1) is 18.2. The molecule has 3 aromatic carbocycles. The van der Waals surface area contributed by atoms with E-state index in [1.807, 2.05) is 31.2 Å². The summed E-state index contributed by atoms with van der Waals surface area (Å²) in [6.07, 6.45) is 1.47. The molecule has 0 aromatic heterocycles. The summed E-state index contributed by atoms with van der Waals surface area (Å²) in [5, 5.41) is 13.3. The summed E-state index contributed by atoms with van der Waals surface area (Å²) in [6, 6.07) is 21.6. The minimum Gasteiger partial charge on any atom is -0.508 e. The predicted octanol–water partition coefficient (Wildman–Crippen LogP) is 4.04. The third-order valence-corrected chi connectivity index (χ3v) is 3.89. The van der Waals surface area contributed by atoms with Gasteiger partial charge in [0.15, 0.2) is 0 Å². The Morgan fingerprint density at radius 1 is 1.07 bits per heavy atom. The van der Waals surface area contributed by atoms with Crippen molar-refractivity contribution in [2.24, 2.45) is 5.10 Å². The molecule has 0 aliphatic carbocycles. The molecule has 5 nitrogen and oxygen atoms in total. The van der Waals surface area contributed by atoms with Crippen molar-refractivity contribution < 1.29 is 14.6 Å². The Kier molecular flexibility index (Phi) is 5.84. The lowest BCUT2D eigenvalue weighted by atomic mass is 10.2. The van der Waals surface area contributed by atoms with Crippen LogP contribution in [0.1, 0.15) is 27.0 Å². The number of carbonyl (C=O) groups is 1. The highest BCUT2D eigenvalue weighted by Crippen LogP contribution is 2.15. The molecule has 3 aromatic rings. The number of carbonyl (C=O) groups excluding carboxylic acids is 1. The van der Waals surface area contributed by atoms with Gasteiger partial charge in [-0.1, -0.05) is 42.0 Å². The van der Waals surface area contributed by atoms with Crippen molar-refractivity contribution in [1.82, 2.24) is 5.43 Å². The normalized spacial score (nSPS) is 10.7. The van der Waals surface area contributed by atoms with Crippen LogP contribution in [0.25, 0.3) is 0 Å². The highest BCUT2D eigenvalue weighted by molar-refractivity contribution is 5.95. The summed E-state index contributed by atoms with van der Waals surface area (Å²) in [5.41, 5.74) is 5.92. The average Bonchev–Trinajstić information content (AvgIpc) is 2.68. The highest BCUT2D eigenvalue weighted by atomic mass is 16.5. The number of aromatic hydroxyl groups is 1. The molecule has 0 aliphatic rings. The zero-order chi connectivity index (χ0) is 19.1. The van der Waals surface area contributed by atoms with Crippen molar-refractivity contribution in [3.8, 4) is 11.5 Å². The zero-order valence-corrected chi connectivity index (χ0v) is 14.9. The summed E-state index contributed by atoms with van der Waals surface area (Å²) in [7, 11) is 0. The van der Waals surface area contributed by atoms with Gasteiger partial charge in [-0.15, -0.1) is 0 Å². The zero-order valence-electron chi connectivity index (χ0n) is 14.9. The SMILES string of the molecule is Cc1ccc(COc2ccc(C(=O)N/N=C\c3cccc(O)c3)cc2)cc1. The van der Waals surface area contributed by atoms with E-state index < -0.39 is 0 Å². The molecule has 3 rings (SSSR count). The number of aryl methyl sites for hydroxylation is 1. The van der Waals surface area contributed by atoms with Crippen LogP contribution in [0.3, 0.4) is 0 Å². The van der Waals surface area contributed by atoms with E-state index in [1.54, 1.807) is 48.5 Å². The van der Waals surface area contributed by atoms with Crippen molar-refractivity contribution >= 4 is 12.1 Å². The highest BCUT2D eigenvalue weighted by Gasteiger charge is 2.04. The molecule has 0 aliphatic heterocycles. The van der Waals surface area contributed by atoms with Crippen molar-refractivity contribution in [3.05, 3.63) is 95.1 Å². The fourth-order valence-corrected chi connectivity index (χ4v) is 2.39. The van der Waals surface area contributed by atoms with Crippen LogP contribution >= 0.6 is 0 Å². The van der Waals surface area contributed by atoms with Gasteiger partial charge in [0.1, 0.15) is 18.1 Å². The first-order valence-electron chi connectivity index (χ1n) is 8.51. The molecule has 0 spiro atoms. The number of nitrogens with zero attached hydrogens (tertiary/aromatic N) is 1. The third kappa shape index (κ3) is 5.44. The molecule has 2 N–H and O–H groups in total. The van der Waals surface area contributed by atoms with Crippen LogP contribution in [0.2, 0.25) is 0 Å². The predicted molar refractivity (Wildman–Crippen MR) is 105 cm³/mol. The number of hydrogen-bond acceptors (Lipinski definition) is 4. The summed E-state index contributed by atoms with van der Waals surface area (Å²) in [4.78, 5) is 12.1. The lowest BCUT2D eigenvalue weighted by Gasteiger charge is -2.07. The fraction of sp³-hybridized carbons (Fsp3) is 0.0909. The maximum Gasteiger partial charge on any atom is 0.271 e. The van der Waals surface area contributed by atoms with Crippen LogP contribution in [0, 0.1) is 6.92 Å². The van der Waals surface area contributed by atoms with E-state index in [1.165, 1.54) is 11.8 Å². The van der Waals surface area contributed by atoms with E-state index in [4.69, 9.17) is 4.74 Å². The molecule has 0 saturated heterocycles. The number of hydrazone groups is 1. The van der Waals surface area contributed by atoms with Gasteiger partial charge in [0, 0.05) is 5.56 Å². The number of hydrogen-bond donors (Lipinski definition) is 2. The smallest absolute Gasteiger partial charge is 0.271 e. The molecule has 0 bridgehead atoms. The second-order valence-corrected chi connectivity index (χ2v) is 6.09. The average molecular weight is 360 g/mol. The van der Waals surface area contributed by atoms with Crippen molar-refractivity contribution in [1.29, 1.82) is 0 Å². The van der Waals surface area contributed by atoms with Gasteiger partial charge in [0.2, 0.25) is 0 Å². The summed E-state index contributed by atoms with van der Waals surface area (Å²) in [5.74, 6) is 0.512. The van der Waals surface area contributed by atoms with Crippen molar-refractivity contribution in [3.63, 3.8) is 0 Å². The molecular formula is C22H20N2O3. The Bertz CT molecular complexity index is 933. The molecular weight excluding hydrogens is 340 g/mol. The lowest BCUT2D eigenvalue weighted by molar-refractivity contribution is 0.0955. The topological polar surface area (TPSA) is 70.9 Å². The summed E-state index contributed by atoms with van der Waals surface area (Å²) < 4.78 is 5.73. The number of nitrogens with one attached hydrogen (secondary N) is 1.